The minimum atomic E-state index is 0.244. The van der Waals surface area contributed by atoms with E-state index in [-0.39, 0.29) is 12.0 Å². The smallest absolute Gasteiger partial charge is 0.322 e. The summed E-state index contributed by atoms with van der Waals surface area (Å²) in [6.45, 7) is 5.39. The van der Waals surface area contributed by atoms with Gasteiger partial charge in [0.05, 0.1) is 7.11 Å². The Morgan fingerprint density at radius 1 is 1.37 bits per heavy atom. The highest BCUT2D eigenvalue weighted by molar-refractivity contribution is 5.35. The van der Waals surface area contributed by atoms with Crippen LogP contribution in [0, 0.1) is 0 Å². The van der Waals surface area contributed by atoms with Crippen LogP contribution >= 0.6 is 0 Å². The second-order valence-corrected chi connectivity index (χ2v) is 4.49. The zero-order valence-electron chi connectivity index (χ0n) is 11.4. The van der Waals surface area contributed by atoms with Gasteiger partial charge >= 0.3 is 6.01 Å². The molecule has 0 spiro atoms. The molecule has 1 fully saturated rings. The first-order valence-electron chi connectivity index (χ1n) is 6.50. The summed E-state index contributed by atoms with van der Waals surface area (Å²) < 4.78 is 5.02. The maximum atomic E-state index is 5.32. The van der Waals surface area contributed by atoms with Gasteiger partial charge in [-0.25, -0.2) is 5.84 Å². The number of hydrogen-bond acceptors (Lipinski definition) is 8. The Labute approximate surface area is 112 Å². The molecule has 2 rings (SSSR count). The van der Waals surface area contributed by atoms with Crippen molar-refractivity contribution in [3.05, 3.63) is 0 Å². The first-order valence-corrected chi connectivity index (χ1v) is 6.50. The number of hydrogen-bond donors (Lipinski definition) is 3. The fraction of sp³-hybridized carbons (Fsp3) is 0.727. The van der Waals surface area contributed by atoms with Gasteiger partial charge in [0, 0.05) is 12.6 Å². The standard InChI is InChI=1S/C11H21N7O/c1-3-18-6-4-5-8(7-18)13-9-14-10(17-12)16-11(15-9)19-2/h8H,3-7,12H2,1-2H3,(H2,13,14,15,16,17). The molecule has 0 amide bonds. The first kappa shape index (κ1) is 13.8. The van der Waals surface area contributed by atoms with Crippen molar-refractivity contribution in [1.29, 1.82) is 0 Å². The number of ether oxygens (including phenoxy) is 1. The van der Waals surface area contributed by atoms with Crippen LogP contribution < -0.4 is 21.3 Å². The number of likely N-dealkylation sites (tertiary alicyclic amines) is 1. The fourth-order valence-electron chi connectivity index (χ4n) is 2.22. The summed E-state index contributed by atoms with van der Waals surface area (Å²) in [7, 11) is 1.51. The van der Waals surface area contributed by atoms with Crippen molar-refractivity contribution in [2.75, 3.05) is 37.5 Å². The van der Waals surface area contributed by atoms with Crippen LogP contribution in [0.2, 0.25) is 0 Å². The molecule has 1 aromatic rings. The third-order valence-corrected chi connectivity index (χ3v) is 3.21. The third-order valence-electron chi connectivity index (χ3n) is 3.21. The highest BCUT2D eigenvalue weighted by Gasteiger charge is 2.19. The van der Waals surface area contributed by atoms with Crippen LogP contribution in [-0.4, -0.2) is 52.6 Å². The van der Waals surface area contributed by atoms with Gasteiger partial charge in [-0.1, -0.05) is 6.92 Å². The lowest BCUT2D eigenvalue weighted by Crippen LogP contribution is -2.42. The molecule has 106 valence electrons. The molecule has 8 nitrogen and oxygen atoms in total. The number of nitrogens with zero attached hydrogens (tertiary/aromatic N) is 4. The number of hydrazine groups is 1. The molecule has 0 aliphatic carbocycles. The molecule has 0 saturated carbocycles. The number of piperidine rings is 1. The SMILES string of the molecule is CCN1CCCC(Nc2nc(NN)nc(OC)n2)C1. The van der Waals surface area contributed by atoms with Crippen LogP contribution in [0.5, 0.6) is 6.01 Å². The van der Waals surface area contributed by atoms with Gasteiger partial charge in [0.15, 0.2) is 0 Å². The van der Waals surface area contributed by atoms with Crippen molar-refractivity contribution in [3.63, 3.8) is 0 Å². The Bertz CT molecular complexity index is 392. The van der Waals surface area contributed by atoms with Crippen molar-refractivity contribution in [2.24, 2.45) is 5.84 Å². The van der Waals surface area contributed by atoms with E-state index in [0.717, 1.165) is 26.1 Å². The zero-order valence-corrected chi connectivity index (χ0v) is 11.4. The predicted octanol–water partition coefficient (Wildman–Crippen LogP) is 0.0620. The molecule has 1 aliphatic heterocycles. The van der Waals surface area contributed by atoms with Crippen LogP contribution in [0.25, 0.3) is 0 Å². The molecule has 1 atom stereocenters. The molecular weight excluding hydrogens is 246 g/mol. The number of nitrogen functional groups attached to an aromatic ring is 1. The molecule has 1 unspecified atom stereocenters. The van der Waals surface area contributed by atoms with E-state index in [4.69, 9.17) is 10.6 Å². The highest BCUT2D eigenvalue weighted by atomic mass is 16.5. The molecule has 1 aromatic heterocycles. The zero-order chi connectivity index (χ0) is 13.7. The lowest BCUT2D eigenvalue weighted by atomic mass is 10.1. The van der Waals surface area contributed by atoms with Gasteiger partial charge in [0.25, 0.3) is 0 Å². The predicted molar refractivity (Wildman–Crippen MR) is 72.9 cm³/mol. The van der Waals surface area contributed by atoms with Crippen molar-refractivity contribution in [1.82, 2.24) is 19.9 Å². The van der Waals surface area contributed by atoms with E-state index in [1.54, 1.807) is 0 Å². The van der Waals surface area contributed by atoms with Gasteiger partial charge in [-0.05, 0) is 25.9 Å². The Morgan fingerprint density at radius 3 is 2.84 bits per heavy atom. The monoisotopic (exact) mass is 267 g/mol. The van der Waals surface area contributed by atoms with E-state index in [0.29, 0.717) is 12.0 Å². The van der Waals surface area contributed by atoms with E-state index in [9.17, 15) is 0 Å². The molecule has 1 saturated heterocycles. The van der Waals surface area contributed by atoms with Crippen LogP contribution in [0.1, 0.15) is 19.8 Å². The normalized spacial score (nSPS) is 20.1. The molecule has 8 heteroatoms. The topological polar surface area (TPSA) is 101 Å². The number of aromatic nitrogens is 3. The number of rotatable bonds is 5. The van der Waals surface area contributed by atoms with Crippen molar-refractivity contribution >= 4 is 11.9 Å². The van der Waals surface area contributed by atoms with Gasteiger partial charge in [-0.15, -0.1) is 0 Å². The number of anilines is 2. The van der Waals surface area contributed by atoms with E-state index >= 15 is 0 Å². The molecular formula is C11H21N7O. The average molecular weight is 267 g/mol. The van der Waals surface area contributed by atoms with Crippen LogP contribution in [0.3, 0.4) is 0 Å². The second kappa shape index (κ2) is 6.48. The minimum Gasteiger partial charge on any atom is -0.467 e. The summed E-state index contributed by atoms with van der Waals surface area (Å²) in [6, 6.07) is 0.583. The van der Waals surface area contributed by atoms with Crippen LogP contribution in [0.4, 0.5) is 11.9 Å². The average Bonchev–Trinajstić information content (AvgIpc) is 2.47. The summed E-state index contributed by atoms with van der Waals surface area (Å²) >= 11 is 0. The Balaban J connectivity index is 2.05. The molecule has 4 N–H and O–H groups in total. The number of methoxy groups -OCH3 is 1. The maximum absolute atomic E-state index is 5.32. The van der Waals surface area contributed by atoms with Crippen LogP contribution in [-0.2, 0) is 0 Å². The van der Waals surface area contributed by atoms with Gasteiger partial charge in [-0.3, -0.25) is 5.43 Å². The first-order chi connectivity index (χ1) is 9.25. The third kappa shape index (κ3) is 3.65. The summed E-state index contributed by atoms with van der Waals surface area (Å²) in [6.07, 6.45) is 2.28. The minimum absolute atomic E-state index is 0.244. The summed E-state index contributed by atoms with van der Waals surface area (Å²) in [4.78, 5) is 14.7. The molecule has 1 aliphatic rings. The molecule has 19 heavy (non-hydrogen) atoms. The molecule has 0 radical (unpaired) electrons. The van der Waals surface area contributed by atoms with Gasteiger partial charge < -0.3 is 15.0 Å². The van der Waals surface area contributed by atoms with Crippen molar-refractivity contribution < 1.29 is 4.74 Å². The van der Waals surface area contributed by atoms with Crippen LogP contribution in [0.15, 0.2) is 0 Å². The van der Waals surface area contributed by atoms with E-state index in [1.807, 2.05) is 0 Å². The summed E-state index contributed by atoms with van der Waals surface area (Å²) in [5, 5.41) is 3.32. The number of nitrogens with two attached hydrogens (primary N) is 1. The van der Waals surface area contributed by atoms with Crippen molar-refractivity contribution in [2.45, 2.75) is 25.8 Å². The van der Waals surface area contributed by atoms with E-state index in [2.05, 4.69) is 37.5 Å². The van der Waals surface area contributed by atoms with Gasteiger partial charge in [0.2, 0.25) is 11.9 Å². The Morgan fingerprint density at radius 2 is 2.16 bits per heavy atom. The van der Waals surface area contributed by atoms with Gasteiger partial charge in [-0.2, -0.15) is 15.0 Å². The summed E-state index contributed by atoms with van der Waals surface area (Å²) in [5.74, 6) is 6.10. The number of nitrogens with one attached hydrogen (secondary N) is 2. The van der Waals surface area contributed by atoms with E-state index in [1.165, 1.54) is 13.5 Å². The largest absolute Gasteiger partial charge is 0.467 e. The highest BCUT2D eigenvalue weighted by Crippen LogP contribution is 2.15. The number of likely N-dealkylation sites (N-methyl/N-ethyl adjacent to an activating group) is 1. The summed E-state index contributed by atoms with van der Waals surface area (Å²) in [5.41, 5.74) is 2.41. The molecule has 0 bridgehead atoms. The van der Waals surface area contributed by atoms with E-state index < -0.39 is 0 Å². The fourth-order valence-corrected chi connectivity index (χ4v) is 2.22. The lowest BCUT2D eigenvalue weighted by Gasteiger charge is -2.32. The molecule has 0 aromatic carbocycles. The van der Waals surface area contributed by atoms with Crippen molar-refractivity contribution in [3.8, 4) is 6.01 Å². The second-order valence-electron chi connectivity index (χ2n) is 4.49. The lowest BCUT2D eigenvalue weighted by molar-refractivity contribution is 0.226. The maximum Gasteiger partial charge on any atom is 0.322 e. The molecule has 2 heterocycles. The Kier molecular flexibility index (Phi) is 4.69. The Hall–Kier alpha value is -1.67. The van der Waals surface area contributed by atoms with Gasteiger partial charge in [0.1, 0.15) is 0 Å². The quantitative estimate of drug-likeness (QED) is 0.508.